The molecule has 2 rings (SSSR count). The zero-order chi connectivity index (χ0) is 12.4. The van der Waals surface area contributed by atoms with Crippen LogP contribution in [-0.2, 0) is 0 Å². The fourth-order valence-electron chi connectivity index (χ4n) is 1.31. The lowest BCUT2D eigenvalue weighted by Gasteiger charge is -2.08. The average Bonchev–Trinajstić information content (AvgIpc) is 2.60. The number of anilines is 1. The Kier molecular flexibility index (Phi) is 3.46. The molecular formula is C10H7F2IN2O2. The quantitative estimate of drug-likeness (QED) is 0.863. The summed E-state index contributed by atoms with van der Waals surface area (Å²) in [5, 5.41) is 3.57. The number of hydrogen-bond donors (Lipinski definition) is 1. The molecule has 0 spiro atoms. The number of benzene rings is 1. The van der Waals surface area contributed by atoms with Gasteiger partial charge in [0.2, 0.25) is 0 Å². The van der Waals surface area contributed by atoms with Gasteiger partial charge in [-0.25, -0.2) is 0 Å². The van der Waals surface area contributed by atoms with E-state index in [-0.39, 0.29) is 11.6 Å². The van der Waals surface area contributed by atoms with Crippen molar-refractivity contribution in [2.45, 2.75) is 6.61 Å². The van der Waals surface area contributed by atoms with E-state index in [0.717, 1.165) is 0 Å². The van der Waals surface area contributed by atoms with Gasteiger partial charge in [-0.1, -0.05) is 17.3 Å². The molecule has 0 fully saturated rings. The van der Waals surface area contributed by atoms with Crippen molar-refractivity contribution in [3.05, 3.63) is 27.8 Å². The predicted octanol–water partition coefficient (Wildman–Crippen LogP) is 3.13. The molecule has 1 heterocycles. The first-order valence-corrected chi connectivity index (χ1v) is 5.62. The lowest BCUT2D eigenvalue weighted by Crippen LogP contribution is -2.03. The van der Waals surface area contributed by atoms with Crippen LogP contribution in [0.15, 0.2) is 28.8 Å². The summed E-state index contributed by atoms with van der Waals surface area (Å²) >= 11 is 1.93. The third-order valence-corrected chi connectivity index (χ3v) is 3.05. The molecule has 7 heteroatoms. The van der Waals surface area contributed by atoms with Gasteiger partial charge in [0, 0.05) is 0 Å². The van der Waals surface area contributed by atoms with Crippen LogP contribution < -0.4 is 10.5 Å². The number of aromatic nitrogens is 1. The normalized spacial score (nSPS) is 10.8. The fourth-order valence-corrected chi connectivity index (χ4v) is 1.80. The van der Waals surface area contributed by atoms with Crippen LogP contribution in [-0.4, -0.2) is 11.8 Å². The van der Waals surface area contributed by atoms with E-state index in [1.54, 1.807) is 18.2 Å². The van der Waals surface area contributed by atoms with E-state index < -0.39 is 6.61 Å². The van der Waals surface area contributed by atoms with Crippen molar-refractivity contribution >= 4 is 28.4 Å². The van der Waals surface area contributed by atoms with Crippen molar-refractivity contribution in [1.82, 2.24) is 5.16 Å². The molecule has 0 atom stereocenters. The Bertz CT molecular complexity index is 531. The van der Waals surface area contributed by atoms with Crippen LogP contribution >= 0.6 is 22.6 Å². The lowest BCUT2D eigenvalue weighted by molar-refractivity contribution is -0.0495. The number of nitrogens with two attached hydrogens (primary N) is 1. The molecule has 4 nitrogen and oxygen atoms in total. The summed E-state index contributed by atoms with van der Waals surface area (Å²) in [5.41, 5.74) is 5.92. The highest BCUT2D eigenvalue weighted by atomic mass is 127. The van der Waals surface area contributed by atoms with Gasteiger partial charge in [-0.15, -0.1) is 0 Å². The number of hydrogen-bond acceptors (Lipinski definition) is 4. The van der Waals surface area contributed by atoms with Crippen molar-refractivity contribution in [2.24, 2.45) is 0 Å². The number of ether oxygens (including phenoxy) is 1. The predicted molar refractivity (Wildman–Crippen MR) is 65.7 cm³/mol. The minimum absolute atomic E-state index is 0.0246. The fraction of sp³-hybridized carbons (Fsp3) is 0.100. The molecule has 0 aliphatic heterocycles. The molecule has 0 aliphatic carbocycles. The first kappa shape index (κ1) is 12.1. The van der Waals surface area contributed by atoms with Gasteiger partial charge in [-0.2, -0.15) is 8.78 Å². The second-order valence-electron chi connectivity index (χ2n) is 3.09. The molecule has 0 aliphatic rings. The number of nitrogens with zero attached hydrogens (tertiary/aromatic N) is 1. The van der Waals surface area contributed by atoms with Gasteiger partial charge in [0.25, 0.3) is 0 Å². The number of nitrogen functional groups attached to an aromatic ring is 1. The summed E-state index contributed by atoms with van der Waals surface area (Å²) in [5.74, 6) is 0.559. The van der Waals surface area contributed by atoms with E-state index in [0.29, 0.717) is 14.9 Å². The summed E-state index contributed by atoms with van der Waals surface area (Å²) in [4.78, 5) is 0. The number of rotatable bonds is 3. The third-order valence-electron chi connectivity index (χ3n) is 2.01. The van der Waals surface area contributed by atoms with Gasteiger partial charge in [0.1, 0.15) is 9.32 Å². The van der Waals surface area contributed by atoms with Crippen LogP contribution in [0, 0.1) is 3.57 Å². The molecule has 2 aromatic rings. The molecular weight excluding hydrogens is 345 g/mol. The van der Waals surface area contributed by atoms with E-state index in [2.05, 4.69) is 9.89 Å². The van der Waals surface area contributed by atoms with Crippen LogP contribution in [0.2, 0.25) is 0 Å². The molecule has 1 aromatic heterocycles. The molecule has 0 saturated carbocycles. The van der Waals surface area contributed by atoms with Gasteiger partial charge < -0.3 is 15.0 Å². The van der Waals surface area contributed by atoms with Crippen molar-refractivity contribution in [3.63, 3.8) is 0 Å². The molecule has 0 radical (unpaired) electrons. The van der Waals surface area contributed by atoms with Gasteiger partial charge in [-0.05, 0) is 34.7 Å². The monoisotopic (exact) mass is 352 g/mol. The minimum atomic E-state index is -2.89. The highest BCUT2D eigenvalue weighted by Crippen LogP contribution is 2.35. The van der Waals surface area contributed by atoms with Crippen LogP contribution in [0.25, 0.3) is 11.3 Å². The summed E-state index contributed by atoms with van der Waals surface area (Å²) in [6.45, 7) is -2.89. The second-order valence-corrected chi connectivity index (χ2v) is 4.16. The first-order chi connectivity index (χ1) is 8.09. The Labute approximate surface area is 109 Å². The van der Waals surface area contributed by atoms with Gasteiger partial charge in [-0.3, -0.25) is 0 Å². The standard InChI is InChI=1S/C10H7F2IN2O2/c11-10(12)16-6-4-2-1-3-5(6)8-7(13)9(14)15-17-8/h1-4,10H,(H2,14,15). The molecule has 1 aromatic carbocycles. The van der Waals surface area contributed by atoms with Gasteiger partial charge in [0.15, 0.2) is 11.6 Å². The molecule has 0 saturated heterocycles. The largest absolute Gasteiger partial charge is 0.434 e. The molecule has 2 N–H and O–H groups in total. The Balaban J connectivity index is 2.48. The zero-order valence-electron chi connectivity index (χ0n) is 8.36. The highest BCUT2D eigenvalue weighted by Gasteiger charge is 2.18. The molecule has 17 heavy (non-hydrogen) atoms. The van der Waals surface area contributed by atoms with Gasteiger partial charge >= 0.3 is 6.61 Å². The summed E-state index contributed by atoms with van der Waals surface area (Å²) in [7, 11) is 0. The van der Waals surface area contributed by atoms with Crippen molar-refractivity contribution < 1.29 is 18.0 Å². The number of para-hydroxylation sites is 1. The Morgan fingerprint density at radius 1 is 1.35 bits per heavy atom. The highest BCUT2D eigenvalue weighted by molar-refractivity contribution is 14.1. The van der Waals surface area contributed by atoms with E-state index in [9.17, 15) is 8.78 Å². The van der Waals surface area contributed by atoms with Crippen LogP contribution in [0.1, 0.15) is 0 Å². The van der Waals surface area contributed by atoms with Crippen LogP contribution in [0.3, 0.4) is 0 Å². The Morgan fingerprint density at radius 3 is 2.65 bits per heavy atom. The topological polar surface area (TPSA) is 61.3 Å². The molecule has 0 amide bonds. The zero-order valence-corrected chi connectivity index (χ0v) is 10.5. The average molecular weight is 352 g/mol. The van der Waals surface area contributed by atoms with Crippen molar-refractivity contribution in [2.75, 3.05) is 5.73 Å². The van der Waals surface area contributed by atoms with Crippen LogP contribution in [0.5, 0.6) is 5.75 Å². The Morgan fingerprint density at radius 2 is 2.06 bits per heavy atom. The lowest BCUT2D eigenvalue weighted by atomic mass is 10.1. The third kappa shape index (κ3) is 2.48. The van der Waals surface area contributed by atoms with Crippen LogP contribution in [0.4, 0.5) is 14.6 Å². The number of alkyl halides is 2. The van der Waals surface area contributed by atoms with E-state index in [4.69, 9.17) is 10.3 Å². The molecule has 0 unspecified atom stereocenters. The minimum Gasteiger partial charge on any atom is -0.434 e. The number of halogens is 3. The summed E-state index contributed by atoms with van der Waals surface area (Å²) < 4.78 is 34.4. The summed E-state index contributed by atoms with van der Waals surface area (Å²) in [6, 6.07) is 6.30. The molecule has 90 valence electrons. The van der Waals surface area contributed by atoms with Crippen molar-refractivity contribution in [3.8, 4) is 17.1 Å². The maximum Gasteiger partial charge on any atom is 0.387 e. The van der Waals surface area contributed by atoms with Crippen molar-refractivity contribution in [1.29, 1.82) is 0 Å². The second kappa shape index (κ2) is 4.86. The molecule has 0 bridgehead atoms. The van der Waals surface area contributed by atoms with Gasteiger partial charge in [0.05, 0.1) is 5.56 Å². The van der Waals surface area contributed by atoms with E-state index >= 15 is 0 Å². The maximum absolute atomic E-state index is 12.2. The maximum atomic E-state index is 12.2. The Hall–Kier alpha value is -1.38. The smallest absolute Gasteiger partial charge is 0.387 e. The SMILES string of the molecule is Nc1noc(-c2ccccc2OC(F)F)c1I. The van der Waals surface area contributed by atoms with E-state index in [1.165, 1.54) is 6.07 Å². The first-order valence-electron chi connectivity index (χ1n) is 4.54. The van der Waals surface area contributed by atoms with E-state index in [1.807, 2.05) is 22.6 Å². The summed E-state index contributed by atoms with van der Waals surface area (Å²) in [6.07, 6.45) is 0.